The van der Waals surface area contributed by atoms with E-state index in [1.54, 1.807) is 24.0 Å². The molecule has 0 spiro atoms. The molecule has 1 heterocycles. The van der Waals surface area contributed by atoms with Crippen LogP contribution in [0.15, 0.2) is 42.5 Å². The fourth-order valence-electron chi connectivity index (χ4n) is 5.62. The van der Waals surface area contributed by atoms with Crippen molar-refractivity contribution in [3.05, 3.63) is 53.6 Å². The number of aliphatic hydroxyl groups excluding tert-OH is 1. The molecule has 3 amide bonds. The van der Waals surface area contributed by atoms with Crippen LogP contribution in [0.2, 0.25) is 0 Å². The number of aliphatic hydroxyl groups is 1. The lowest BCUT2D eigenvalue weighted by atomic mass is 10.0. The normalized spacial score (nSPS) is 22.4. The Morgan fingerprint density at radius 3 is 2.37 bits per heavy atom. The fourth-order valence-corrected chi connectivity index (χ4v) is 5.62. The van der Waals surface area contributed by atoms with Crippen LogP contribution in [-0.4, -0.2) is 85.0 Å². The van der Waals surface area contributed by atoms with Crippen LogP contribution in [0.1, 0.15) is 68.8 Å². The number of ether oxygens (including phenoxy) is 2. The zero-order valence-corrected chi connectivity index (χ0v) is 27.1. The van der Waals surface area contributed by atoms with Gasteiger partial charge in [0.1, 0.15) is 5.75 Å². The van der Waals surface area contributed by atoms with E-state index in [1.165, 1.54) is 31.0 Å². The average molecular weight is 649 g/mol. The third-order valence-electron chi connectivity index (χ3n) is 8.54. The Balaban J connectivity index is 1.57. The number of nitrogens with one attached hydrogen (secondary N) is 2. The number of anilines is 2. The summed E-state index contributed by atoms with van der Waals surface area (Å²) in [5, 5.41) is 15.3. The lowest BCUT2D eigenvalue weighted by molar-refractivity contribution is -0.137. The van der Waals surface area contributed by atoms with E-state index in [1.807, 2.05) is 6.92 Å². The lowest BCUT2D eigenvalue weighted by Gasteiger charge is -2.36. The zero-order chi connectivity index (χ0) is 33.4. The molecule has 0 bridgehead atoms. The molecule has 254 valence electrons. The van der Waals surface area contributed by atoms with Crippen molar-refractivity contribution in [1.82, 2.24) is 9.80 Å². The first-order valence-corrected chi connectivity index (χ1v) is 16.1. The summed E-state index contributed by atoms with van der Waals surface area (Å²) in [4.78, 5) is 31.0. The highest BCUT2D eigenvalue weighted by atomic mass is 19.4. The smallest absolute Gasteiger partial charge is 0.416 e. The minimum absolute atomic E-state index is 0.0401. The van der Waals surface area contributed by atoms with Gasteiger partial charge in [-0.05, 0) is 101 Å². The summed E-state index contributed by atoms with van der Waals surface area (Å²) in [5.41, 5.74) is -0.126. The van der Waals surface area contributed by atoms with Gasteiger partial charge in [0.2, 0.25) is 0 Å². The summed E-state index contributed by atoms with van der Waals surface area (Å²) < 4.78 is 51.4. The van der Waals surface area contributed by atoms with Crippen molar-refractivity contribution in [3.8, 4) is 5.75 Å². The monoisotopic (exact) mass is 648 g/mol. The second kappa shape index (κ2) is 16.0. The van der Waals surface area contributed by atoms with Crippen LogP contribution in [0, 0.1) is 11.8 Å². The number of benzene rings is 2. The molecule has 12 heteroatoms. The second-order valence-corrected chi connectivity index (χ2v) is 12.8. The highest BCUT2D eigenvalue weighted by Gasteiger charge is 2.32. The van der Waals surface area contributed by atoms with Crippen molar-refractivity contribution >= 4 is 23.3 Å². The first-order chi connectivity index (χ1) is 21.8. The summed E-state index contributed by atoms with van der Waals surface area (Å²) in [5.74, 6) is 0.707. The number of hydrogen-bond acceptors (Lipinski definition) is 6. The quantitative estimate of drug-likeness (QED) is 0.303. The van der Waals surface area contributed by atoms with Crippen molar-refractivity contribution < 1.29 is 37.3 Å². The van der Waals surface area contributed by atoms with Crippen LogP contribution in [0.5, 0.6) is 5.75 Å². The molecular formula is C34H47F3N4O5. The molecule has 1 saturated carbocycles. The van der Waals surface area contributed by atoms with E-state index in [0.717, 1.165) is 50.4 Å². The van der Waals surface area contributed by atoms with E-state index in [-0.39, 0.29) is 41.9 Å². The molecule has 4 rings (SSSR count). The predicted molar refractivity (Wildman–Crippen MR) is 171 cm³/mol. The SMILES string of the molecule is C[C@H]1CCCCO[C@H](CN(C)CC2CC2)[C@@H](C)CN([C@@H](C)CO)C(=O)c2cc(NC(=O)Nc3ccc(C(F)(F)F)cc3)ccc2O1. The van der Waals surface area contributed by atoms with E-state index < -0.39 is 23.8 Å². The summed E-state index contributed by atoms with van der Waals surface area (Å²) >= 11 is 0. The predicted octanol–water partition coefficient (Wildman–Crippen LogP) is 6.49. The van der Waals surface area contributed by atoms with E-state index in [0.29, 0.717) is 24.6 Å². The molecule has 1 fully saturated rings. The first-order valence-electron chi connectivity index (χ1n) is 16.1. The number of carbonyl (C=O) groups is 2. The van der Waals surface area contributed by atoms with Crippen LogP contribution in [0.25, 0.3) is 0 Å². The Labute approximate surface area is 269 Å². The van der Waals surface area contributed by atoms with Gasteiger partial charge in [0.25, 0.3) is 5.91 Å². The Kier molecular flexibility index (Phi) is 12.3. The second-order valence-electron chi connectivity index (χ2n) is 12.8. The Bertz CT molecular complexity index is 1300. The maximum atomic E-state index is 14.2. The van der Waals surface area contributed by atoms with Crippen LogP contribution in [0.3, 0.4) is 0 Å². The molecule has 1 aliphatic carbocycles. The summed E-state index contributed by atoms with van der Waals surface area (Å²) in [6.07, 6.45) is 0.252. The van der Waals surface area contributed by atoms with Crippen molar-refractivity contribution in [2.75, 3.05) is 50.5 Å². The van der Waals surface area contributed by atoms with Gasteiger partial charge in [0.05, 0.1) is 36.0 Å². The molecule has 0 saturated heterocycles. The van der Waals surface area contributed by atoms with Crippen LogP contribution < -0.4 is 15.4 Å². The van der Waals surface area contributed by atoms with Gasteiger partial charge in [-0.15, -0.1) is 0 Å². The van der Waals surface area contributed by atoms with Gasteiger partial charge in [0, 0.05) is 43.5 Å². The van der Waals surface area contributed by atoms with Crippen LogP contribution in [-0.2, 0) is 10.9 Å². The van der Waals surface area contributed by atoms with Crippen molar-refractivity contribution in [2.45, 2.75) is 77.3 Å². The molecule has 0 unspecified atom stereocenters. The summed E-state index contributed by atoms with van der Waals surface area (Å²) in [6, 6.07) is 7.69. The van der Waals surface area contributed by atoms with Crippen molar-refractivity contribution in [2.24, 2.45) is 11.8 Å². The van der Waals surface area contributed by atoms with Crippen LogP contribution >= 0.6 is 0 Å². The molecule has 2 aromatic rings. The van der Waals surface area contributed by atoms with E-state index >= 15 is 0 Å². The third-order valence-corrected chi connectivity index (χ3v) is 8.54. The number of amides is 3. The molecule has 2 aliphatic rings. The third kappa shape index (κ3) is 10.3. The van der Waals surface area contributed by atoms with Crippen molar-refractivity contribution in [3.63, 3.8) is 0 Å². The molecular weight excluding hydrogens is 601 g/mol. The van der Waals surface area contributed by atoms with Gasteiger partial charge >= 0.3 is 12.2 Å². The molecule has 0 radical (unpaired) electrons. The topological polar surface area (TPSA) is 103 Å². The van der Waals surface area contributed by atoms with Gasteiger partial charge < -0.3 is 35.0 Å². The number of rotatable bonds is 8. The maximum Gasteiger partial charge on any atom is 0.416 e. The first kappa shape index (κ1) is 35.5. The molecule has 4 atom stereocenters. The largest absolute Gasteiger partial charge is 0.490 e. The van der Waals surface area contributed by atoms with Gasteiger partial charge in [0.15, 0.2) is 0 Å². The molecule has 0 aromatic heterocycles. The number of carbonyl (C=O) groups excluding carboxylic acids is 2. The number of urea groups is 1. The molecule has 3 N–H and O–H groups in total. The zero-order valence-electron chi connectivity index (χ0n) is 27.1. The highest BCUT2D eigenvalue weighted by molar-refractivity contribution is 6.02. The highest BCUT2D eigenvalue weighted by Crippen LogP contribution is 2.32. The minimum Gasteiger partial charge on any atom is -0.490 e. The van der Waals surface area contributed by atoms with E-state index in [4.69, 9.17) is 9.47 Å². The molecule has 1 aliphatic heterocycles. The van der Waals surface area contributed by atoms with Crippen molar-refractivity contribution in [1.29, 1.82) is 0 Å². The Morgan fingerprint density at radius 1 is 1.04 bits per heavy atom. The molecule has 9 nitrogen and oxygen atoms in total. The number of halogens is 3. The number of alkyl halides is 3. The molecule has 2 aromatic carbocycles. The number of fused-ring (bicyclic) bond motifs is 1. The van der Waals surface area contributed by atoms with E-state index in [2.05, 4.69) is 29.5 Å². The Morgan fingerprint density at radius 2 is 1.72 bits per heavy atom. The van der Waals surface area contributed by atoms with Gasteiger partial charge in [-0.1, -0.05) is 6.92 Å². The average Bonchev–Trinajstić information content (AvgIpc) is 3.82. The van der Waals surface area contributed by atoms with Gasteiger partial charge in [-0.2, -0.15) is 13.2 Å². The number of nitrogens with zero attached hydrogens (tertiary/aromatic N) is 2. The minimum atomic E-state index is -4.48. The number of likely N-dealkylation sites (N-methyl/N-ethyl adjacent to an activating group) is 1. The Hall–Kier alpha value is -3.35. The van der Waals surface area contributed by atoms with Gasteiger partial charge in [-0.3, -0.25) is 4.79 Å². The summed E-state index contributed by atoms with van der Waals surface area (Å²) in [7, 11) is 2.11. The van der Waals surface area contributed by atoms with Crippen LogP contribution in [0.4, 0.5) is 29.3 Å². The molecule has 46 heavy (non-hydrogen) atoms. The van der Waals surface area contributed by atoms with E-state index in [9.17, 15) is 27.9 Å². The fraction of sp³-hybridized carbons (Fsp3) is 0.588. The van der Waals surface area contributed by atoms with Gasteiger partial charge in [-0.25, -0.2) is 4.79 Å². The standard InChI is InChI=1S/C34H47F3N4O5/c1-22-18-41(23(2)21-42)32(43)29-17-28(39-33(44)38-27-12-10-26(11-13-27)34(35,36)37)14-15-30(29)46-24(3)7-5-6-16-45-31(22)20-40(4)19-25-8-9-25/h10-15,17,22-25,31,42H,5-9,16,18-21H2,1-4H3,(H2,38,39,44)/t22-,23-,24-,31+/m0/s1. The number of hydrogen-bond donors (Lipinski definition) is 3. The lowest BCUT2D eigenvalue weighted by Crippen LogP contribution is -2.47. The maximum absolute atomic E-state index is 14.2. The summed E-state index contributed by atoms with van der Waals surface area (Å²) in [6.45, 7) is 8.26.